The van der Waals surface area contributed by atoms with E-state index in [4.69, 9.17) is 17.3 Å². The lowest BCUT2D eigenvalue weighted by Gasteiger charge is -2.03. The minimum absolute atomic E-state index is 0.208. The Morgan fingerprint density at radius 3 is 2.36 bits per heavy atom. The van der Waals surface area contributed by atoms with E-state index in [-0.39, 0.29) is 21.8 Å². The van der Waals surface area contributed by atoms with Crippen LogP contribution >= 0.6 is 11.6 Å². The fourth-order valence-corrected chi connectivity index (χ4v) is 1.70. The Bertz CT molecular complexity index is 415. The van der Waals surface area contributed by atoms with Gasteiger partial charge in [-0.2, -0.15) is 0 Å². The molecule has 2 amide bonds. The maximum atomic E-state index is 11.5. The molecule has 4 nitrogen and oxygen atoms in total. The molecule has 1 aliphatic rings. The lowest BCUT2D eigenvalue weighted by Crippen LogP contribution is -2.24. The van der Waals surface area contributed by atoms with E-state index in [1.807, 2.05) is 0 Å². The second kappa shape index (κ2) is 2.72. The van der Waals surface area contributed by atoms with Gasteiger partial charge < -0.3 is 5.73 Å². The fraction of sp³-hybridized carbons (Fsp3) is 0.111. The molecule has 1 aliphatic heterocycles. The van der Waals surface area contributed by atoms with Crippen molar-refractivity contribution >= 4 is 29.1 Å². The normalized spacial score (nSPS) is 14.9. The summed E-state index contributed by atoms with van der Waals surface area (Å²) in [5, 5.41) is 0.261. The first-order valence-corrected chi connectivity index (χ1v) is 4.32. The molecule has 0 saturated heterocycles. The van der Waals surface area contributed by atoms with Crippen molar-refractivity contribution in [1.82, 2.24) is 4.90 Å². The molecule has 2 rings (SSSR count). The van der Waals surface area contributed by atoms with Gasteiger partial charge in [0.2, 0.25) is 0 Å². The minimum Gasteiger partial charge on any atom is -0.398 e. The van der Waals surface area contributed by atoms with Crippen molar-refractivity contribution in [2.45, 2.75) is 0 Å². The van der Waals surface area contributed by atoms with Crippen LogP contribution in [0.15, 0.2) is 12.1 Å². The van der Waals surface area contributed by atoms with Gasteiger partial charge in [-0.15, -0.1) is 0 Å². The number of carbonyl (C=O) groups is 2. The third-order valence-corrected chi connectivity index (χ3v) is 2.54. The summed E-state index contributed by atoms with van der Waals surface area (Å²) >= 11 is 5.81. The Morgan fingerprint density at radius 1 is 1.21 bits per heavy atom. The summed E-state index contributed by atoms with van der Waals surface area (Å²) in [4.78, 5) is 24.1. The molecule has 5 heteroatoms. The smallest absolute Gasteiger partial charge is 0.263 e. The van der Waals surface area contributed by atoms with Crippen LogP contribution in [0, 0.1) is 0 Å². The maximum absolute atomic E-state index is 11.5. The molecule has 0 spiro atoms. The van der Waals surface area contributed by atoms with Gasteiger partial charge in [0.1, 0.15) is 0 Å². The summed E-state index contributed by atoms with van der Waals surface area (Å²) in [5.41, 5.74) is 6.30. The average Bonchev–Trinajstić information content (AvgIpc) is 2.38. The fourth-order valence-electron chi connectivity index (χ4n) is 1.46. The summed E-state index contributed by atoms with van der Waals surface area (Å²) < 4.78 is 0. The van der Waals surface area contributed by atoms with Gasteiger partial charge in [0, 0.05) is 12.7 Å². The van der Waals surface area contributed by atoms with E-state index in [1.54, 1.807) is 0 Å². The number of rotatable bonds is 0. The number of nitrogen functional groups attached to an aromatic ring is 1. The zero-order chi connectivity index (χ0) is 10.5. The number of nitrogens with two attached hydrogens (primary N) is 1. The SMILES string of the molecule is CN1C(=O)c2c(N)ccc(Cl)c2C1=O. The number of imide groups is 1. The Morgan fingerprint density at radius 2 is 1.79 bits per heavy atom. The van der Waals surface area contributed by atoms with Crippen molar-refractivity contribution in [3.63, 3.8) is 0 Å². The second-order valence-corrected chi connectivity index (χ2v) is 3.46. The zero-order valence-electron chi connectivity index (χ0n) is 7.37. The van der Waals surface area contributed by atoms with Crippen molar-refractivity contribution in [1.29, 1.82) is 0 Å². The van der Waals surface area contributed by atoms with E-state index in [2.05, 4.69) is 0 Å². The minimum atomic E-state index is -0.401. The van der Waals surface area contributed by atoms with Crippen LogP contribution in [0.4, 0.5) is 5.69 Å². The van der Waals surface area contributed by atoms with Crippen LogP contribution in [0.5, 0.6) is 0 Å². The number of anilines is 1. The molecule has 1 heterocycles. The molecule has 1 aromatic rings. The quantitative estimate of drug-likeness (QED) is 0.516. The van der Waals surface area contributed by atoms with Crippen LogP contribution < -0.4 is 5.73 Å². The van der Waals surface area contributed by atoms with Crippen molar-refractivity contribution in [3.05, 3.63) is 28.3 Å². The molecule has 0 aliphatic carbocycles. The summed E-state index contributed by atoms with van der Waals surface area (Å²) in [6, 6.07) is 3.03. The molecule has 2 N–H and O–H groups in total. The van der Waals surface area contributed by atoms with E-state index in [0.717, 1.165) is 4.90 Å². The molecular weight excluding hydrogens is 204 g/mol. The number of hydrogen-bond acceptors (Lipinski definition) is 3. The predicted octanol–water partition coefficient (Wildman–Crippen LogP) is 1.15. The van der Waals surface area contributed by atoms with E-state index in [1.165, 1.54) is 19.2 Å². The molecule has 0 atom stereocenters. The van der Waals surface area contributed by atoms with Gasteiger partial charge in [-0.25, -0.2) is 0 Å². The molecule has 0 aromatic heterocycles. The van der Waals surface area contributed by atoms with Gasteiger partial charge in [-0.05, 0) is 12.1 Å². The Balaban J connectivity index is 2.80. The van der Waals surface area contributed by atoms with Crippen molar-refractivity contribution in [3.8, 4) is 0 Å². The summed E-state index contributed by atoms with van der Waals surface area (Å²) in [6.45, 7) is 0. The van der Waals surface area contributed by atoms with Crippen LogP contribution in [0.3, 0.4) is 0 Å². The van der Waals surface area contributed by atoms with Gasteiger partial charge in [0.25, 0.3) is 11.8 Å². The first-order valence-electron chi connectivity index (χ1n) is 3.94. The number of amides is 2. The van der Waals surface area contributed by atoms with Crippen molar-refractivity contribution in [2.24, 2.45) is 0 Å². The highest BCUT2D eigenvalue weighted by molar-refractivity contribution is 6.37. The molecular formula is C9H7ClN2O2. The first-order chi connectivity index (χ1) is 6.54. The van der Waals surface area contributed by atoms with E-state index in [9.17, 15) is 9.59 Å². The van der Waals surface area contributed by atoms with Crippen LogP contribution in [0.25, 0.3) is 0 Å². The molecule has 0 fully saturated rings. The van der Waals surface area contributed by atoms with Crippen LogP contribution in [0.1, 0.15) is 20.7 Å². The molecule has 14 heavy (non-hydrogen) atoms. The molecule has 72 valence electrons. The maximum Gasteiger partial charge on any atom is 0.263 e. The van der Waals surface area contributed by atoms with E-state index >= 15 is 0 Å². The van der Waals surface area contributed by atoms with Gasteiger partial charge in [-0.1, -0.05) is 11.6 Å². The van der Waals surface area contributed by atoms with Crippen molar-refractivity contribution < 1.29 is 9.59 Å². The number of hydrogen-bond donors (Lipinski definition) is 1. The third kappa shape index (κ3) is 0.943. The van der Waals surface area contributed by atoms with Gasteiger partial charge in [0.05, 0.1) is 16.1 Å². The highest BCUT2D eigenvalue weighted by atomic mass is 35.5. The van der Waals surface area contributed by atoms with Crippen LogP contribution in [-0.4, -0.2) is 23.8 Å². The Kier molecular flexibility index (Phi) is 1.75. The van der Waals surface area contributed by atoms with Crippen molar-refractivity contribution in [2.75, 3.05) is 12.8 Å². The Labute approximate surface area is 85.2 Å². The highest BCUT2D eigenvalue weighted by Crippen LogP contribution is 2.32. The van der Waals surface area contributed by atoms with Gasteiger partial charge in [-0.3, -0.25) is 14.5 Å². The predicted molar refractivity (Wildman–Crippen MR) is 52.3 cm³/mol. The van der Waals surface area contributed by atoms with Crippen LogP contribution in [-0.2, 0) is 0 Å². The molecule has 0 bridgehead atoms. The molecule has 0 saturated carbocycles. The topological polar surface area (TPSA) is 63.4 Å². The summed E-state index contributed by atoms with van der Waals surface area (Å²) in [7, 11) is 1.40. The number of fused-ring (bicyclic) bond motifs is 1. The molecule has 0 radical (unpaired) electrons. The molecule has 1 aromatic carbocycles. The monoisotopic (exact) mass is 210 g/mol. The van der Waals surface area contributed by atoms with Gasteiger partial charge in [0.15, 0.2) is 0 Å². The van der Waals surface area contributed by atoms with Gasteiger partial charge >= 0.3 is 0 Å². The third-order valence-electron chi connectivity index (χ3n) is 2.22. The number of nitrogens with zero attached hydrogens (tertiary/aromatic N) is 1. The number of benzene rings is 1. The Hall–Kier alpha value is -1.55. The first kappa shape index (κ1) is 9.02. The highest BCUT2D eigenvalue weighted by Gasteiger charge is 2.36. The average molecular weight is 211 g/mol. The summed E-state index contributed by atoms with van der Waals surface area (Å²) in [6.07, 6.45) is 0. The standard InChI is InChI=1S/C9H7ClN2O2/c1-12-8(13)6-4(10)2-3-5(11)7(6)9(12)14/h2-3H,11H2,1H3. The second-order valence-electron chi connectivity index (χ2n) is 3.06. The number of carbonyl (C=O) groups excluding carboxylic acids is 2. The zero-order valence-corrected chi connectivity index (χ0v) is 8.13. The molecule has 0 unspecified atom stereocenters. The number of halogens is 1. The van der Waals surface area contributed by atoms with E-state index in [0.29, 0.717) is 0 Å². The lowest BCUT2D eigenvalue weighted by molar-refractivity contribution is 0.0693. The van der Waals surface area contributed by atoms with Crippen LogP contribution in [0.2, 0.25) is 5.02 Å². The summed E-state index contributed by atoms with van der Waals surface area (Å²) in [5.74, 6) is -0.799. The van der Waals surface area contributed by atoms with E-state index < -0.39 is 11.8 Å². The largest absolute Gasteiger partial charge is 0.398 e. The lowest BCUT2D eigenvalue weighted by atomic mass is 10.1.